The number of fused-ring (bicyclic) bond motifs is 1. The molecule has 0 spiro atoms. The number of aromatic nitrogens is 4. The minimum atomic E-state index is -0.956. The molecule has 4 rings (SSSR count). The van der Waals surface area contributed by atoms with Gasteiger partial charge >= 0.3 is 5.97 Å². The molecule has 1 fully saturated rings. The Hall–Kier alpha value is -3.16. The topological polar surface area (TPSA) is 87.4 Å². The van der Waals surface area contributed by atoms with Crippen LogP contribution >= 0.6 is 0 Å². The zero-order valence-corrected chi connectivity index (χ0v) is 14.8. The summed E-state index contributed by atoms with van der Waals surface area (Å²) in [4.78, 5) is 24.2. The largest absolute Gasteiger partial charge is 0.478 e. The standard InChI is InChI=1S/C18H20N6O2/c1-12-16-14(5-6-19-17(16)22(2)21-12)23-7-9-24(10-8-23)15-4-3-13(11-20-15)18(25)26/h3-6,11H,7-10H2,1-2H3,(H,25,26). The van der Waals surface area contributed by atoms with Crippen LogP contribution in [0.2, 0.25) is 0 Å². The fraction of sp³-hybridized carbons (Fsp3) is 0.333. The highest BCUT2D eigenvalue weighted by atomic mass is 16.4. The van der Waals surface area contributed by atoms with E-state index in [2.05, 4.69) is 24.9 Å². The molecule has 1 N–H and O–H groups in total. The lowest BCUT2D eigenvalue weighted by atomic mass is 10.2. The molecule has 8 nitrogen and oxygen atoms in total. The van der Waals surface area contributed by atoms with E-state index in [0.29, 0.717) is 0 Å². The summed E-state index contributed by atoms with van der Waals surface area (Å²) in [5, 5.41) is 14.6. The highest BCUT2D eigenvalue weighted by molar-refractivity contribution is 5.92. The second kappa shape index (κ2) is 6.29. The van der Waals surface area contributed by atoms with Crippen LogP contribution < -0.4 is 9.80 Å². The number of rotatable bonds is 3. The number of pyridine rings is 2. The third-order valence-electron chi connectivity index (χ3n) is 4.82. The van der Waals surface area contributed by atoms with Gasteiger partial charge in [-0.2, -0.15) is 5.10 Å². The smallest absolute Gasteiger partial charge is 0.337 e. The maximum atomic E-state index is 11.0. The first kappa shape index (κ1) is 16.3. The van der Waals surface area contributed by atoms with E-state index < -0.39 is 5.97 Å². The van der Waals surface area contributed by atoms with Crippen molar-refractivity contribution in [1.82, 2.24) is 19.7 Å². The number of hydrogen-bond acceptors (Lipinski definition) is 6. The van der Waals surface area contributed by atoms with Crippen molar-refractivity contribution in [1.29, 1.82) is 0 Å². The highest BCUT2D eigenvalue weighted by Crippen LogP contribution is 2.29. The summed E-state index contributed by atoms with van der Waals surface area (Å²) in [5.74, 6) is -0.144. The molecule has 0 saturated carbocycles. The van der Waals surface area contributed by atoms with Crippen LogP contribution in [0.3, 0.4) is 0 Å². The maximum absolute atomic E-state index is 11.0. The van der Waals surface area contributed by atoms with Gasteiger partial charge in [-0.25, -0.2) is 14.8 Å². The van der Waals surface area contributed by atoms with Crippen molar-refractivity contribution in [3.05, 3.63) is 41.9 Å². The van der Waals surface area contributed by atoms with E-state index in [0.717, 1.165) is 54.4 Å². The average molecular weight is 352 g/mol. The summed E-state index contributed by atoms with van der Waals surface area (Å²) in [6.07, 6.45) is 3.24. The van der Waals surface area contributed by atoms with Crippen LogP contribution in [0.1, 0.15) is 16.1 Å². The Balaban J connectivity index is 1.53. The molecular formula is C18H20N6O2. The summed E-state index contributed by atoms with van der Waals surface area (Å²) in [6, 6.07) is 5.42. The molecule has 26 heavy (non-hydrogen) atoms. The molecule has 1 aliphatic rings. The van der Waals surface area contributed by atoms with Crippen molar-refractivity contribution in [3.63, 3.8) is 0 Å². The third kappa shape index (κ3) is 2.73. The summed E-state index contributed by atoms with van der Waals surface area (Å²) in [7, 11) is 1.91. The molecular weight excluding hydrogens is 332 g/mol. The number of carbonyl (C=O) groups is 1. The number of hydrogen-bond donors (Lipinski definition) is 1. The van der Waals surface area contributed by atoms with E-state index >= 15 is 0 Å². The van der Waals surface area contributed by atoms with Gasteiger partial charge in [0.15, 0.2) is 5.65 Å². The van der Waals surface area contributed by atoms with Crippen LogP contribution in [0.15, 0.2) is 30.6 Å². The lowest BCUT2D eigenvalue weighted by molar-refractivity contribution is 0.0696. The SMILES string of the molecule is Cc1nn(C)c2nccc(N3CCN(c4ccc(C(=O)O)cn4)CC3)c12. The van der Waals surface area contributed by atoms with Crippen LogP contribution in [0.4, 0.5) is 11.5 Å². The van der Waals surface area contributed by atoms with Gasteiger partial charge in [-0.3, -0.25) is 4.68 Å². The normalized spacial score (nSPS) is 14.8. The van der Waals surface area contributed by atoms with Crippen LogP contribution in [-0.2, 0) is 7.05 Å². The fourth-order valence-electron chi connectivity index (χ4n) is 3.50. The van der Waals surface area contributed by atoms with E-state index in [4.69, 9.17) is 5.11 Å². The van der Waals surface area contributed by atoms with Gasteiger partial charge in [0, 0.05) is 45.6 Å². The van der Waals surface area contributed by atoms with Gasteiger partial charge in [0.25, 0.3) is 0 Å². The van der Waals surface area contributed by atoms with Gasteiger partial charge in [0.1, 0.15) is 5.82 Å². The van der Waals surface area contributed by atoms with Gasteiger partial charge in [-0.15, -0.1) is 0 Å². The second-order valence-electron chi connectivity index (χ2n) is 6.42. The first-order valence-electron chi connectivity index (χ1n) is 8.52. The predicted octanol–water partition coefficient (Wildman–Crippen LogP) is 1.70. The summed E-state index contributed by atoms with van der Waals surface area (Å²) < 4.78 is 1.82. The van der Waals surface area contributed by atoms with Gasteiger partial charge in [0.2, 0.25) is 0 Å². The Bertz CT molecular complexity index is 958. The zero-order valence-electron chi connectivity index (χ0n) is 14.8. The van der Waals surface area contributed by atoms with Crippen molar-refractivity contribution in [2.24, 2.45) is 7.05 Å². The summed E-state index contributed by atoms with van der Waals surface area (Å²) in [5.41, 5.74) is 3.25. The van der Waals surface area contributed by atoms with E-state index in [1.54, 1.807) is 12.1 Å². The molecule has 0 aliphatic carbocycles. The van der Waals surface area contributed by atoms with Gasteiger partial charge < -0.3 is 14.9 Å². The van der Waals surface area contributed by atoms with E-state index in [1.165, 1.54) is 6.20 Å². The molecule has 0 atom stereocenters. The Labute approximate surface area is 150 Å². The van der Waals surface area contributed by atoms with E-state index in [9.17, 15) is 4.79 Å². The monoisotopic (exact) mass is 352 g/mol. The van der Waals surface area contributed by atoms with Crippen LogP contribution in [-0.4, -0.2) is 57.0 Å². The van der Waals surface area contributed by atoms with Crippen molar-refractivity contribution < 1.29 is 9.90 Å². The first-order chi connectivity index (χ1) is 12.5. The third-order valence-corrected chi connectivity index (χ3v) is 4.82. The number of piperazine rings is 1. The quantitative estimate of drug-likeness (QED) is 0.767. The maximum Gasteiger partial charge on any atom is 0.337 e. The predicted molar refractivity (Wildman–Crippen MR) is 98.9 cm³/mol. The molecule has 1 saturated heterocycles. The van der Waals surface area contributed by atoms with E-state index in [1.807, 2.05) is 30.9 Å². The Morgan fingerprint density at radius 3 is 2.46 bits per heavy atom. The van der Waals surface area contributed by atoms with Crippen LogP contribution in [0.5, 0.6) is 0 Å². The van der Waals surface area contributed by atoms with Gasteiger partial charge in [0.05, 0.1) is 22.3 Å². The molecule has 1 aliphatic heterocycles. The Morgan fingerprint density at radius 1 is 1.08 bits per heavy atom. The number of aromatic carboxylic acids is 1. The van der Waals surface area contributed by atoms with Crippen molar-refractivity contribution >= 4 is 28.5 Å². The van der Waals surface area contributed by atoms with Crippen molar-refractivity contribution in [2.75, 3.05) is 36.0 Å². The minimum Gasteiger partial charge on any atom is -0.478 e. The van der Waals surface area contributed by atoms with Gasteiger partial charge in [-0.1, -0.05) is 0 Å². The minimum absolute atomic E-state index is 0.207. The van der Waals surface area contributed by atoms with Crippen molar-refractivity contribution in [2.45, 2.75) is 6.92 Å². The highest BCUT2D eigenvalue weighted by Gasteiger charge is 2.22. The molecule has 0 amide bonds. The zero-order chi connectivity index (χ0) is 18.3. The van der Waals surface area contributed by atoms with Gasteiger partial charge in [-0.05, 0) is 25.1 Å². The second-order valence-corrected chi connectivity index (χ2v) is 6.42. The lowest BCUT2D eigenvalue weighted by Gasteiger charge is -2.37. The molecule has 0 aromatic carbocycles. The molecule has 3 aromatic rings. The summed E-state index contributed by atoms with van der Waals surface area (Å²) >= 11 is 0. The molecule has 0 bridgehead atoms. The molecule has 0 unspecified atom stereocenters. The van der Waals surface area contributed by atoms with Crippen LogP contribution in [0, 0.1) is 6.92 Å². The van der Waals surface area contributed by atoms with Crippen molar-refractivity contribution in [3.8, 4) is 0 Å². The Kier molecular flexibility index (Phi) is 3.95. The molecule has 8 heteroatoms. The van der Waals surface area contributed by atoms with E-state index in [-0.39, 0.29) is 5.56 Å². The number of nitrogens with zero attached hydrogens (tertiary/aromatic N) is 6. The number of carboxylic acid groups (broad SMARTS) is 1. The number of aryl methyl sites for hydroxylation is 2. The number of carboxylic acids is 1. The first-order valence-corrected chi connectivity index (χ1v) is 8.52. The molecule has 134 valence electrons. The summed E-state index contributed by atoms with van der Waals surface area (Å²) in [6.45, 7) is 5.37. The Morgan fingerprint density at radius 2 is 1.81 bits per heavy atom. The number of anilines is 2. The molecule has 3 aromatic heterocycles. The molecule has 0 radical (unpaired) electrons. The molecule has 4 heterocycles. The average Bonchev–Trinajstić information content (AvgIpc) is 2.96. The van der Waals surface area contributed by atoms with Crippen LogP contribution in [0.25, 0.3) is 11.0 Å². The fourth-order valence-corrected chi connectivity index (χ4v) is 3.50. The lowest BCUT2D eigenvalue weighted by Crippen LogP contribution is -2.47.